The van der Waals surface area contributed by atoms with E-state index in [-0.39, 0.29) is 47.3 Å². The Morgan fingerprint density at radius 1 is 1.05 bits per heavy atom. The third-order valence-electron chi connectivity index (χ3n) is 6.64. The molecule has 9 nitrogen and oxygen atoms in total. The zero-order chi connectivity index (χ0) is 29.1. The maximum Gasteiger partial charge on any atom is 0.262 e. The van der Waals surface area contributed by atoms with Crippen molar-refractivity contribution in [3.8, 4) is 5.75 Å². The molecule has 0 saturated carbocycles. The van der Waals surface area contributed by atoms with Crippen molar-refractivity contribution in [3.63, 3.8) is 0 Å². The molecular formula is C27H29ClFN3O6S2. The number of amides is 1. The number of hydrogen-bond donors (Lipinski definition) is 2. The fraction of sp³-hybridized carbons (Fsp3) is 0.296. The number of anilines is 2. The Morgan fingerprint density at radius 3 is 2.35 bits per heavy atom. The van der Waals surface area contributed by atoms with Crippen molar-refractivity contribution < 1.29 is 30.8 Å². The van der Waals surface area contributed by atoms with E-state index in [4.69, 9.17) is 16.3 Å². The molecule has 0 aromatic heterocycles. The van der Waals surface area contributed by atoms with E-state index in [1.54, 1.807) is 18.2 Å². The summed E-state index contributed by atoms with van der Waals surface area (Å²) in [5.41, 5.74) is 1.49. The summed E-state index contributed by atoms with van der Waals surface area (Å²) in [6.45, 7) is 2.05. The molecule has 1 fully saturated rings. The highest BCUT2D eigenvalue weighted by Gasteiger charge is 2.32. The second kappa shape index (κ2) is 12.1. The number of aryl methyl sites for hydroxylation is 1. The normalized spacial score (nSPS) is 15.0. The van der Waals surface area contributed by atoms with Gasteiger partial charge in [-0.3, -0.25) is 9.52 Å². The van der Waals surface area contributed by atoms with Crippen LogP contribution in [0, 0.1) is 18.7 Å². The highest BCUT2D eigenvalue weighted by Crippen LogP contribution is 2.29. The molecule has 13 heteroatoms. The summed E-state index contributed by atoms with van der Waals surface area (Å²) in [4.78, 5) is 12.8. The first-order valence-corrected chi connectivity index (χ1v) is 15.9. The number of nitrogens with zero attached hydrogens (tertiary/aromatic N) is 1. The Bertz CT molecular complexity index is 1590. The Labute approximate surface area is 238 Å². The number of benzene rings is 3. The van der Waals surface area contributed by atoms with Gasteiger partial charge in [0.2, 0.25) is 15.9 Å². The fourth-order valence-corrected chi connectivity index (χ4v) is 7.39. The van der Waals surface area contributed by atoms with Crippen molar-refractivity contribution >= 4 is 48.9 Å². The Balaban J connectivity index is 1.34. The number of carbonyl (C=O) groups excluding carboxylic acids is 1. The standard InChI is InChI=1S/C27H29ClFN3O6S2/c1-18-6-11-26(38-2)25(16-18)31-40(36,37)21-9-7-20(8-10-21)30-27(33)19-12-14-32(15-13-19)39(34,35)17-22-23(28)4-3-5-24(22)29/h3-11,16,19,31H,12-15,17H2,1-2H3,(H,30,33). The van der Waals surface area contributed by atoms with E-state index in [2.05, 4.69) is 10.0 Å². The zero-order valence-electron chi connectivity index (χ0n) is 21.9. The minimum atomic E-state index is -3.91. The van der Waals surface area contributed by atoms with Crippen LogP contribution in [0.4, 0.5) is 15.8 Å². The van der Waals surface area contributed by atoms with Gasteiger partial charge in [0, 0.05) is 35.3 Å². The van der Waals surface area contributed by atoms with Gasteiger partial charge in [-0.2, -0.15) is 0 Å². The van der Waals surface area contributed by atoms with Crippen molar-refractivity contribution in [1.82, 2.24) is 4.31 Å². The third-order valence-corrected chi connectivity index (χ3v) is 10.2. The molecule has 40 heavy (non-hydrogen) atoms. The van der Waals surface area contributed by atoms with E-state index in [1.165, 1.54) is 47.8 Å². The molecule has 1 amide bonds. The van der Waals surface area contributed by atoms with Crippen molar-refractivity contribution in [2.24, 2.45) is 5.92 Å². The minimum absolute atomic E-state index is 0.00234. The van der Waals surface area contributed by atoms with Gasteiger partial charge in [0.25, 0.3) is 10.0 Å². The number of halogens is 2. The van der Waals surface area contributed by atoms with Crippen LogP contribution in [0.15, 0.2) is 65.6 Å². The molecule has 214 valence electrons. The van der Waals surface area contributed by atoms with Crippen LogP contribution in [0.5, 0.6) is 5.75 Å². The van der Waals surface area contributed by atoms with Gasteiger partial charge in [-0.1, -0.05) is 23.7 Å². The number of ether oxygens (including phenoxy) is 1. The van der Waals surface area contributed by atoms with Crippen LogP contribution in [-0.4, -0.2) is 47.2 Å². The molecule has 4 rings (SSSR count). The Morgan fingerprint density at radius 2 is 1.73 bits per heavy atom. The predicted octanol–water partition coefficient (Wildman–Crippen LogP) is 4.78. The molecule has 3 aromatic carbocycles. The second-order valence-corrected chi connectivity index (χ2v) is 13.5. The first-order chi connectivity index (χ1) is 18.9. The van der Waals surface area contributed by atoms with Gasteiger partial charge in [-0.25, -0.2) is 25.5 Å². The van der Waals surface area contributed by atoms with Gasteiger partial charge in [-0.05, 0) is 73.9 Å². The monoisotopic (exact) mass is 609 g/mol. The zero-order valence-corrected chi connectivity index (χ0v) is 24.2. The number of piperidine rings is 1. The third kappa shape index (κ3) is 6.92. The topological polar surface area (TPSA) is 122 Å². The van der Waals surface area contributed by atoms with Crippen molar-refractivity contribution in [2.45, 2.75) is 30.4 Å². The van der Waals surface area contributed by atoms with E-state index in [1.807, 2.05) is 6.92 Å². The highest BCUT2D eigenvalue weighted by atomic mass is 35.5. The number of nitrogens with one attached hydrogen (secondary N) is 2. The van der Waals surface area contributed by atoms with Crippen LogP contribution < -0.4 is 14.8 Å². The Hall–Kier alpha value is -3.19. The van der Waals surface area contributed by atoms with E-state index in [9.17, 15) is 26.0 Å². The second-order valence-electron chi connectivity index (χ2n) is 9.45. The molecule has 1 aliphatic heterocycles. The van der Waals surface area contributed by atoms with Crippen LogP contribution in [0.1, 0.15) is 24.0 Å². The van der Waals surface area contributed by atoms with E-state index in [0.717, 1.165) is 11.6 Å². The quantitative estimate of drug-likeness (QED) is 0.360. The lowest BCUT2D eigenvalue weighted by atomic mass is 9.97. The highest BCUT2D eigenvalue weighted by molar-refractivity contribution is 7.92. The van der Waals surface area contributed by atoms with Crippen LogP contribution in [0.2, 0.25) is 5.02 Å². The molecule has 1 aliphatic rings. The molecule has 1 saturated heterocycles. The van der Waals surface area contributed by atoms with Gasteiger partial charge in [-0.15, -0.1) is 0 Å². The number of rotatable bonds is 9. The summed E-state index contributed by atoms with van der Waals surface area (Å²) in [7, 11) is -6.30. The molecule has 0 atom stereocenters. The molecular weight excluding hydrogens is 581 g/mol. The average molecular weight is 610 g/mol. The summed E-state index contributed by atoms with van der Waals surface area (Å²) in [5, 5.41) is 2.81. The lowest BCUT2D eigenvalue weighted by molar-refractivity contribution is -0.120. The van der Waals surface area contributed by atoms with E-state index < -0.39 is 37.5 Å². The minimum Gasteiger partial charge on any atom is -0.495 e. The van der Waals surface area contributed by atoms with Gasteiger partial charge in [0.15, 0.2) is 0 Å². The van der Waals surface area contributed by atoms with Gasteiger partial charge in [0.05, 0.1) is 23.4 Å². The van der Waals surface area contributed by atoms with Crippen LogP contribution >= 0.6 is 11.6 Å². The number of sulfonamides is 2. The SMILES string of the molecule is COc1ccc(C)cc1NS(=O)(=O)c1ccc(NC(=O)C2CCN(S(=O)(=O)Cc3c(F)cccc3Cl)CC2)cc1. The van der Waals surface area contributed by atoms with Gasteiger partial charge >= 0.3 is 0 Å². The number of hydrogen-bond acceptors (Lipinski definition) is 6. The lowest BCUT2D eigenvalue weighted by Crippen LogP contribution is -2.42. The van der Waals surface area contributed by atoms with Crippen molar-refractivity contribution in [1.29, 1.82) is 0 Å². The molecule has 0 radical (unpaired) electrons. The smallest absolute Gasteiger partial charge is 0.262 e. The lowest BCUT2D eigenvalue weighted by Gasteiger charge is -2.30. The van der Waals surface area contributed by atoms with Crippen molar-refractivity contribution in [3.05, 3.63) is 82.6 Å². The van der Waals surface area contributed by atoms with Crippen LogP contribution in [0.25, 0.3) is 0 Å². The summed E-state index contributed by atoms with van der Waals surface area (Å²) >= 11 is 5.99. The molecule has 2 N–H and O–H groups in total. The molecule has 0 unspecified atom stereocenters. The molecule has 0 spiro atoms. The number of carbonyl (C=O) groups is 1. The van der Waals surface area contributed by atoms with Crippen molar-refractivity contribution in [2.75, 3.05) is 30.2 Å². The maximum atomic E-state index is 14.1. The van der Waals surface area contributed by atoms with E-state index >= 15 is 0 Å². The fourth-order valence-electron chi connectivity index (χ4n) is 4.41. The summed E-state index contributed by atoms with van der Waals surface area (Å²) in [6, 6.07) is 14.9. The molecule has 1 heterocycles. The first kappa shape index (κ1) is 29.8. The van der Waals surface area contributed by atoms with Gasteiger partial charge < -0.3 is 10.1 Å². The molecule has 0 aliphatic carbocycles. The number of methoxy groups -OCH3 is 1. The first-order valence-electron chi connectivity index (χ1n) is 12.4. The summed E-state index contributed by atoms with van der Waals surface area (Å²) in [6.07, 6.45) is 0.565. The average Bonchev–Trinajstić information content (AvgIpc) is 2.91. The maximum absolute atomic E-state index is 14.1. The van der Waals surface area contributed by atoms with E-state index in [0.29, 0.717) is 17.1 Å². The predicted molar refractivity (Wildman–Crippen MR) is 152 cm³/mol. The van der Waals surface area contributed by atoms with Crippen LogP contribution in [-0.2, 0) is 30.6 Å². The summed E-state index contributed by atoms with van der Waals surface area (Å²) < 4.78 is 74.6. The summed E-state index contributed by atoms with van der Waals surface area (Å²) in [5.74, 6) is -1.60. The molecule has 0 bridgehead atoms. The molecule has 3 aromatic rings. The van der Waals surface area contributed by atoms with Gasteiger partial charge in [0.1, 0.15) is 11.6 Å². The largest absolute Gasteiger partial charge is 0.495 e. The Kier molecular flexibility index (Phi) is 9.03. The van der Waals surface area contributed by atoms with Crippen LogP contribution in [0.3, 0.4) is 0 Å².